The van der Waals surface area contributed by atoms with Gasteiger partial charge in [0, 0.05) is 10.8 Å². The minimum absolute atomic E-state index is 0.338. The molecule has 0 aliphatic heterocycles. The zero-order valence-electron chi connectivity index (χ0n) is 8.33. The topological polar surface area (TPSA) is 118 Å². The molecule has 0 amide bonds. The summed E-state index contributed by atoms with van der Waals surface area (Å²) in [6.45, 7) is 0. The van der Waals surface area contributed by atoms with Crippen LogP contribution in [-0.2, 0) is 9.59 Å². The Morgan fingerprint density at radius 2 is 1.94 bits per heavy atom. The van der Waals surface area contributed by atoms with Gasteiger partial charge in [-0.1, -0.05) is 0 Å². The Morgan fingerprint density at radius 1 is 1.31 bits per heavy atom. The monoisotopic (exact) mass is 229 g/mol. The molecule has 7 heteroatoms. The number of nitrogens with zero attached hydrogens (tertiary/aromatic N) is 1. The van der Waals surface area contributed by atoms with Crippen molar-refractivity contribution in [2.45, 2.75) is 24.8 Å². The van der Waals surface area contributed by atoms with E-state index in [1.807, 2.05) is 0 Å². The van der Waals surface area contributed by atoms with E-state index in [1.54, 1.807) is 0 Å². The minimum Gasteiger partial charge on any atom is -0.481 e. The molecule has 2 aliphatic rings. The summed E-state index contributed by atoms with van der Waals surface area (Å²) in [6.07, 6.45) is 1.34. The van der Waals surface area contributed by atoms with Gasteiger partial charge in [-0.2, -0.15) is 0 Å². The Kier molecular flexibility index (Phi) is 2.14. The van der Waals surface area contributed by atoms with Crippen LogP contribution in [0.3, 0.4) is 0 Å². The summed E-state index contributed by atoms with van der Waals surface area (Å²) in [5.41, 5.74) is -2.31. The Balaban J connectivity index is 2.54. The van der Waals surface area contributed by atoms with Crippen molar-refractivity contribution in [3.8, 4) is 0 Å². The second kappa shape index (κ2) is 3.16. The van der Waals surface area contributed by atoms with Crippen molar-refractivity contribution >= 4 is 11.9 Å². The zero-order chi connectivity index (χ0) is 12.1. The minimum atomic E-state index is -2.31. The van der Waals surface area contributed by atoms with Crippen molar-refractivity contribution < 1.29 is 24.7 Å². The summed E-state index contributed by atoms with van der Waals surface area (Å²) >= 11 is 0. The van der Waals surface area contributed by atoms with Gasteiger partial charge >= 0.3 is 17.5 Å². The number of fused-ring (bicyclic) bond motifs is 2. The summed E-state index contributed by atoms with van der Waals surface area (Å²) in [5, 5.41) is 29.1. The van der Waals surface area contributed by atoms with Crippen LogP contribution in [0.1, 0.15) is 19.3 Å². The highest BCUT2D eigenvalue weighted by Crippen LogP contribution is 2.56. The molecule has 2 N–H and O–H groups in total. The van der Waals surface area contributed by atoms with E-state index >= 15 is 0 Å². The maximum Gasteiger partial charge on any atom is 0.383 e. The fourth-order valence-electron chi connectivity index (χ4n) is 3.37. The molecule has 2 bridgehead atoms. The average molecular weight is 229 g/mol. The molecule has 0 radical (unpaired) electrons. The van der Waals surface area contributed by atoms with Crippen LogP contribution in [0.25, 0.3) is 0 Å². The van der Waals surface area contributed by atoms with Gasteiger partial charge in [0.15, 0.2) is 0 Å². The van der Waals surface area contributed by atoms with Crippen LogP contribution < -0.4 is 0 Å². The molecule has 0 aromatic heterocycles. The molecule has 16 heavy (non-hydrogen) atoms. The molecule has 2 saturated carbocycles. The molecule has 88 valence electrons. The van der Waals surface area contributed by atoms with Crippen molar-refractivity contribution in [1.82, 2.24) is 0 Å². The molecule has 4 unspecified atom stereocenters. The van der Waals surface area contributed by atoms with Gasteiger partial charge in [-0.3, -0.25) is 14.9 Å². The molecule has 2 fully saturated rings. The lowest BCUT2D eigenvalue weighted by molar-refractivity contribution is -0.571. The van der Waals surface area contributed by atoms with Gasteiger partial charge in [-0.05, 0) is 25.2 Å². The average Bonchev–Trinajstić information content (AvgIpc) is 2.73. The summed E-state index contributed by atoms with van der Waals surface area (Å²) in [4.78, 5) is 32.3. The summed E-state index contributed by atoms with van der Waals surface area (Å²) in [5.74, 6) is -5.39. The molecule has 0 aromatic carbocycles. The molecule has 0 heterocycles. The van der Waals surface area contributed by atoms with E-state index in [0.717, 1.165) is 0 Å². The standard InChI is InChI=1S/C9H11NO6/c11-7(12)6-4-1-2-5(3-4)9(6,8(13)14)10(15)16/h4-6H,1-3H2,(H,11,12)(H,13,14). The Morgan fingerprint density at radius 3 is 2.31 bits per heavy atom. The molecule has 2 rings (SSSR count). The molecule has 0 spiro atoms. The highest BCUT2D eigenvalue weighted by atomic mass is 16.6. The highest BCUT2D eigenvalue weighted by Gasteiger charge is 2.74. The van der Waals surface area contributed by atoms with Gasteiger partial charge in [-0.25, -0.2) is 4.79 Å². The number of hydrogen-bond donors (Lipinski definition) is 2. The van der Waals surface area contributed by atoms with E-state index < -0.39 is 34.2 Å². The van der Waals surface area contributed by atoms with E-state index in [4.69, 9.17) is 10.2 Å². The van der Waals surface area contributed by atoms with Gasteiger partial charge < -0.3 is 10.2 Å². The van der Waals surface area contributed by atoms with E-state index in [-0.39, 0.29) is 5.92 Å². The zero-order valence-corrected chi connectivity index (χ0v) is 8.33. The Bertz CT molecular complexity index is 364. The van der Waals surface area contributed by atoms with Crippen molar-refractivity contribution in [2.75, 3.05) is 0 Å². The fraction of sp³-hybridized carbons (Fsp3) is 0.778. The quantitative estimate of drug-likeness (QED) is 0.527. The van der Waals surface area contributed by atoms with Crippen LogP contribution in [-0.4, -0.2) is 32.6 Å². The predicted octanol–water partition coefficient (Wildman–Crippen LogP) is 0.217. The normalized spacial score (nSPS) is 40.9. The molecular formula is C9H11NO6. The van der Waals surface area contributed by atoms with Gasteiger partial charge in [0.05, 0.1) is 0 Å². The molecule has 7 nitrogen and oxygen atoms in total. The van der Waals surface area contributed by atoms with E-state index in [9.17, 15) is 19.7 Å². The van der Waals surface area contributed by atoms with Gasteiger partial charge in [-0.15, -0.1) is 0 Å². The first-order chi connectivity index (χ1) is 7.42. The third kappa shape index (κ3) is 1.03. The number of carbonyl (C=O) groups is 2. The van der Waals surface area contributed by atoms with Crippen molar-refractivity contribution in [2.24, 2.45) is 17.8 Å². The first-order valence-electron chi connectivity index (χ1n) is 5.03. The molecule has 0 aromatic rings. The Hall–Kier alpha value is -1.66. The summed E-state index contributed by atoms with van der Waals surface area (Å²) in [6, 6.07) is 0. The Labute approximate surface area is 90.2 Å². The van der Waals surface area contributed by atoms with Crippen LogP contribution in [0, 0.1) is 27.9 Å². The third-order valence-electron chi connectivity index (χ3n) is 3.95. The number of rotatable bonds is 3. The van der Waals surface area contributed by atoms with Crippen LogP contribution in [0.4, 0.5) is 0 Å². The van der Waals surface area contributed by atoms with Gasteiger partial charge in [0.1, 0.15) is 5.92 Å². The highest BCUT2D eigenvalue weighted by molar-refractivity contribution is 5.87. The SMILES string of the molecule is O=C(O)C1C2CCC(C2)C1(C(=O)O)[N+](=O)[O-]. The number of carboxylic acid groups (broad SMARTS) is 2. The number of nitro groups is 1. The van der Waals surface area contributed by atoms with Crippen LogP contribution in [0.2, 0.25) is 0 Å². The smallest absolute Gasteiger partial charge is 0.383 e. The lowest BCUT2D eigenvalue weighted by atomic mass is 9.73. The van der Waals surface area contributed by atoms with E-state index in [0.29, 0.717) is 19.3 Å². The van der Waals surface area contributed by atoms with E-state index in [1.165, 1.54) is 0 Å². The van der Waals surface area contributed by atoms with Crippen LogP contribution in [0.15, 0.2) is 0 Å². The maximum atomic E-state index is 11.2. The maximum absolute atomic E-state index is 11.2. The second-order valence-electron chi connectivity index (χ2n) is 4.47. The lowest BCUT2D eigenvalue weighted by Crippen LogP contribution is -2.58. The summed E-state index contributed by atoms with van der Waals surface area (Å²) in [7, 11) is 0. The number of carboxylic acids is 2. The van der Waals surface area contributed by atoms with Crippen molar-refractivity contribution in [3.63, 3.8) is 0 Å². The van der Waals surface area contributed by atoms with Crippen LogP contribution in [0.5, 0.6) is 0 Å². The fourth-order valence-corrected chi connectivity index (χ4v) is 3.37. The van der Waals surface area contributed by atoms with Gasteiger partial charge in [0.25, 0.3) is 0 Å². The van der Waals surface area contributed by atoms with Crippen molar-refractivity contribution in [1.29, 1.82) is 0 Å². The second-order valence-corrected chi connectivity index (χ2v) is 4.47. The largest absolute Gasteiger partial charge is 0.481 e. The molecular weight excluding hydrogens is 218 g/mol. The molecule has 0 saturated heterocycles. The number of aliphatic carboxylic acids is 2. The predicted molar refractivity (Wildman–Crippen MR) is 49.3 cm³/mol. The molecule has 2 aliphatic carbocycles. The lowest BCUT2D eigenvalue weighted by Gasteiger charge is -2.30. The summed E-state index contributed by atoms with van der Waals surface area (Å²) < 4.78 is 0. The third-order valence-corrected chi connectivity index (χ3v) is 3.95. The van der Waals surface area contributed by atoms with Crippen LogP contribution >= 0.6 is 0 Å². The van der Waals surface area contributed by atoms with Gasteiger partial charge in [0.2, 0.25) is 0 Å². The first-order valence-corrected chi connectivity index (χ1v) is 5.03. The van der Waals surface area contributed by atoms with E-state index in [2.05, 4.69) is 0 Å². The molecule has 4 atom stereocenters. The van der Waals surface area contributed by atoms with Crippen molar-refractivity contribution in [3.05, 3.63) is 10.1 Å². The number of hydrogen-bond acceptors (Lipinski definition) is 4. The first kappa shape index (κ1) is 10.8.